The molecule has 0 aromatic heterocycles. The molecule has 1 aliphatic rings. The lowest BCUT2D eigenvalue weighted by molar-refractivity contribution is -0.121. The van der Waals surface area contributed by atoms with Gasteiger partial charge in [-0.3, -0.25) is 15.0 Å². The van der Waals surface area contributed by atoms with Gasteiger partial charge in [-0.25, -0.2) is 4.79 Å². The van der Waals surface area contributed by atoms with E-state index in [1.54, 1.807) is 0 Å². The number of nitrogens with one attached hydrogen (secondary N) is 3. The zero-order valence-corrected chi connectivity index (χ0v) is 10.6. The molecule has 0 aromatic rings. The molecule has 6 nitrogen and oxygen atoms in total. The van der Waals surface area contributed by atoms with Gasteiger partial charge in [0.1, 0.15) is 0 Å². The summed E-state index contributed by atoms with van der Waals surface area (Å²) in [6.07, 6.45) is 2.21. The lowest BCUT2D eigenvalue weighted by Gasteiger charge is -2.31. The molecule has 6 heteroatoms. The Labute approximate surface area is 102 Å². The molecule has 0 saturated carbocycles. The number of piperidine rings is 1. The summed E-state index contributed by atoms with van der Waals surface area (Å²) < 4.78 is 0. The summed E-state index contributed by atoms with van der Waals surface area (Å²) >= 11 is 0. The van der Waals surface area contributed by atoms with Crippen LogP contribution in [0, 0.1) is 5.92 Å². The third kappa shape index (κ3) is 5.14. The van der Waals surface area contributed by atoms with E-state index in [-0.39, 0.29) is 5.91 Å². The van der Waals surface area contributed by atoms with Crippen LogP contribution >= 0.6 is 0 Å². The van der Waals surface area contributed by atoms with Gasteiger partial charge in [0.25, 0.3) is 0 Å². The Bertz CT molecular complexity index is 262. The first kappa shape index (κ1) is 13.9. The Kier molecular flexibility index (Phi) is 5.93. The van der Waals surface area contributed by atoms with Crippen molar-refractivity contribution in [2.75, 3.05) is 40.3 Å². The number of hydrogen-bond donors (Lipinski definition) is 3. The first-order valence-electron chi connectivity index (χ1n) is 6.04. The Balaban J connectivity index is 2.21. The van der Waals surface area contributed by atoms with Crippen molar-refractivity contribution in [1.82, 2.24) is 20.9 Å². The van der Waals surface area contributed by atoms with Crippen LogP contribution in [0.5, 0.6) is 0 Å². The average Bonchev–Trinajstić information content (AvgIpc) is 2.31. The lowest BCUT2D eigenvalue weighted by atomic mass is 9.97. The van der Waals surface area contributed by atoms with Crippen LogP contribution in [0.15, 0.2) is 0 Å². The van der Waals surface area contributed by atoms with Crippen molar-refractivity contribution in [3.8, 4) is 0 Å². The van der Waals surface area contributed by atoms with E-state index >= 15 is 0 Å². The molecule has 0 radical (unpaired) electrons. The van der Waals surface area contributed by atoms with Gasteiger partial charge in [-0.1, -0.05) is 0 Å². The number of imide groups is 1. The lowest BCUT2D eigenvalue weighted by Crippen LogP contribution is -2.46. The average molecular weight is 242 g/mol. The highest BCUT2D eigenvalue weighted by Gasteiger charge is 2.20. The van der Waals surface area contributed by atoms with Crippen molar-refractivity contribution in [1.29, 1.82) is 0 Å². The molecule has 0 spiro atoms. The predicted octanol–water partition coefficient (Wildman–Crippen LogP) is -0.627. The van der Waals surface area contributed by atoms with Crippen LogP contribution in [-0.4, -0.2) is 57.1 Å². The van der Waals surface area contributed by atoms with Crippen molar-refractivity contribution in [2.24, 2.45) is 5.92 Å². The summed E-state index contributed by atoms with van der Waals surface area (Å²) in [6.45, 7) is 3.19. The summed E-state index contributed by atoms with van der Waals surface area (Å²) in [5.41, 5.74) is 0. The van der Waals surface area contributed by atoms with E-state index in [2.05, 4.69) is 20.9 Å². The highest BCUT2D eigenvalue weighted by molar-refractivity contribution is 5.95. The Morgan fingerprint density at radius 1 is 1.24 bits per heavy atom. The normalized spacial score (nSPS) is 17.8. The standard InChI is InChI=1S/C11H22N4O2/c1-12-7-9-3-5-15(6-4-9)8-10(16)14-11(17)13-2/h9,12H,3-8H2,1-2H3,(H2,13,14,16,17). The summed E-state index contributed by atoms with van der Waals surface area (Å²) in [5.74, 6) is 0.467. The van der Waals surface area contributed by atoms with Gasteiger partial charge in [-0.05, 0) is 45.4 Å². The van der Waals surface area contributed by atoms with E-state index in [1.165, 1.54) is 7.05 Å². The highest BCUT2D eigenvalue weighted by atomic mass is 16.2. The van der Waals surface area contributed by atoms with E-state index in [9.17, 15) is 9.59 Å². The Hall–Kier alpha value is -1.14. The minimum atomic E-state index is -0.444. The van der Waals surface area contributed by atoms with Gasteiger partial charge in [0.15, 0.2) is 0 Å². The van der Waals surface area contributed by atoms with Crippen LogP contribution in [-0.2, 0) is 4.79 Å². The van der Waals surface area contributed by atoms with Gasteiger partial charge < -0.3 is 10.6 Å². The maximum absolute atomic E-state index is 11.5. The fourth-order valence-corrected chi connectivity index (χ4v) is 2.07. The number of nitrogens with zero attached hydrogens (tertiary/aromatic N) is 1. The fraction of sp³-hybridized carbons (Fsp3) is 0.818. The second kappa shape index (κ2) is 7.24. The molecule has 1 aliphatic heterocycles. The molecule has 17 heavy (non-hydrogen) atoms. The van der Waals surface area contributed by atoms with Crippen molar-refractivity contribution in [3.63, 3.8) is 0 Å². The molecule has 1 rings (SSSR count). The van der Waals surface area contributed by atoms with Crippen molar-refractivity contribution in [3.05, 3.63) is 0 Å². The molecule has 1 heterocycles. The van der Waals surface area contributed by atoms with Crippen molar-refractivity contribution in [2.45, 2.75) is 12.8 Å². The van der Waals surface area contributed by atoms with Gasteiger partial charge in [0, 0.05) is 7.05 Å². The van der Waals surface area contributed by atoms with Crippen molar-refractivity contribution < 1.29 is 9.59 Å². The summed E-state index contributed by atoms with van der Waals surface area (Å²) in [6, 6.07) is -0.444. The summed E-state index contributed by atoms with van der Waals surface area (Å²) in [4.78, 5) is 24.5. The fourth-order valence-electron chi connectivity index (χ4n) is 2.07. The zero-order valence-electron chi connectivity index (χ0n) is 10.6. The maximum atomic E-state index is 11.5. The first-order chi connectivity index (χ1) is 8.15. The van der Waals surface area contributed by atoms with Gasteiger partial charge >= 0.3 is 6.03 Å². The molecule has 0 aromatic carbocycles. The van der Waals surface area contributed by atoms with Crippen LogP contribution in [0.4, 0.5) is 4.79 Å². The second-order valence-corrected chi connectivity index (χ2v) is 4.40. The summed E-state index contributed by atoms with van der Waals surface area (Å²) in [5, 5.41) is 7.81. The van der Waals surface area contributed by atoms with E-state index in [0.717, 1.165) is 32.5 Å². The molecule has 0 aliphatic carbocycles. The van der Waals surface area contributed by atoms with E-state index in [4.69, 9.17) is 0 Å². The largest absolute Gasteiger partial charge is 0.341 e. The molecule has 1 fully saturated rings. The first-order valence-corrected chi connectivity index (χ1v) is 6.04. The zero-order chi connectivity index (χ0) is 12.7. The quantitative estimate of drug-likeness (QED) is 0.614. The number of amides is 3. The third-order valence-electron chi connectivity index (χ3n) is 3.05. The number of hydrogen-bond acceptors (Lipinski definition) is 4. The third-order valence-corrected chi connectivity index (χ3v) is 3.05. The van der Waals surface area contributed by atoms with Gasteiger partial charge in [-0.2, -0.15) is 0 Å². The molecule has 0 bridgehead atoms. The molecular weight excluding hydrogens is 220 g/mol. The van der Waals surface area contributed by atoms with Gasteiger partial charge in [0.05, 0.1) is 6.54 Å². The molecule has 1 saturated heterocycles. The Morgan fingerprint density at radius 2 is 1.88 bits per heavy atom. The van der Waals surface area contributed by atoms with Crippen LogP contribution in [0.2, 0.25) is 0 Å². The minimum Gasteiger partial charge on any atom is -0.341 e. The van der Waals surface area contributed by atoms with Crippen LogP contribution in [0.1, 0.15) is 12.8 Å². The number of rotatable bonds is 4. The topological polar surface area (TPSA) is 73.5 Å². The molecule has 0 unspecified atom stereocenters. The molecule has 98 valence electrons. The van der Waals surface area contributed by atoms with Crippen LogP contribution < -0.4 is 16.0 Å². The SMILES string of the molecule is CNCC1CCN(CC(=O)NC(=O)NC)CC1. The smallest absolute Gasteiger partial charge is 0.321 e. The minimum absolute atomic E-state index is 0.239. The number of carbonyl (C=O) groups excluding carboxylic acids is 2. The predicted molar refractivity (Wildman–Crippen MR) is 65.7 cm³/mol. The highest BCUT2D eigenvalue weighted by Crippen LogP contribution is 2.15. The number of carbonyl (C=O) groups is 2. The van der Waals surface area contributed by atoms with Gasteiger partial charge in [-0.15, -0.1) is 0 Å². The van der Waals surface area contributed by atoms with E-state index < -0.39 is 6.03 Å². The Morgan fingerprint density at radius 3 is 2.41 bits per heavy atom. The van der Waals surface area contributed by atoms with Crippen LogP contribution in [0.25, 0.3) is 0 Å². The second-order valence-electron chi connectivity index (χ2n) is 4.40. The maximum Gasteiger partial charge on any atom is 0.321 e. The van der Waals surface area contributed by atoms with E-state index in [1.807, 2.05) is 7.05 Å². The summed E-state index contributed by atoms with van der Waals surface area (Å²) in [7, 11) is 3.45. The molecular formula is C11H22N4O2. The van der Waals surface area contributed by atoms with Crippen LogP contribution in [0.3, 0.4) is 0 Å². The number of likely N-dealkylation sites (tertiary alicyclic amines) is 1. The number of urea groups is 1. The molecule has 3 N–H and O–H groups in total. The van der Waals surface area contributed by atoms with Gasteiger partial charge in [0.2, 0.25) is 5.91 Å². The molecule has 3 amide bonds. The van der Waals surface area contributed by atoms with Crippen molar-refractivity contribution >= 4 is 11.9 Å². The monoisotopic (exact) mass is 242 g/mol. The van der Waals surface area contributed by atoms with E-state index in [0.29, 0.717) is 12.5 Å². The molecule has 0 atom stereocenters.